The lowest BCUT2D eigenvalue weighted by Crippen LogP contribution is -2.33. The van der Waals surface area contributed by atoms with Gasteiger partial charge in [-0.25, -0.2) is 8.42 Å². The molecule has 0 saturated carbocycles. The fraction of sp³-hybridized carbons (Fsp3) is 0.429. The summed E-state index contributed by atoms with van der Waals surface area (Å²) in [6.07, 6.45) is 0.880. The van der Waals surface area contributed by atoms with Crippen molar-refractivity contribution < 1.29 is 27.5 Å². The highest BCUT2D eigenvalue weighted by Gasteiger charge is 2.13. The van der Waals surface area contributed by atoms with Crippen LogP contribution < -0.4 is 20.1 Å². The first kappa shape index (κ1) is 17.1. The SMILES string of the molecule is CS(=O)(=O)CCC(=O)NCC(=O)Nc1ccc2c(c1)OCCO2. The third-order valence-electron chi connectivity index (χ3n) is 2.97. The first-order valence-corrected chi connectivity index (χ1v) is 9.03. The molecule has 0 saturated heterocycles. The van der Waals surface area contributed by atoms with Crippen molar-refractivity contribution in [3.8, 4) is 11.5 Å². The van der Waals surface area contributed by atoms with Gasteiger partial charge in [0.05, 0.1) is 12.3 Å². The van der Waals surface area contributed by atoms with Crippen LogP contribution in [0.15, 0.2) is 18.2 Å². The van der Waals surface area contributed by atoms with Crippen molar-refractivity contribution in [2.45, 2.75) is 6.42 Å². The topological polar surface area (TPSA) is 111 Å². The second-order valence-corrected chi connectivity index (χ2v) is 7.32. The summed E-state index contributed by atoms with van der Waals surface area (Å²) < 4.78 is 32.7. The number of hydrogen-bond acceptors (Lipinski definition) is 6. The van der Waals surface area contributed by atoms with E-state index in [1.165, 1.54) is 0 Å². The van der Waals surface area contributed by atoms with Gasteiger partial charge in [0, 0.05) is 24.4 Å². The molecule has 0 bridgehead atoms. The molecule has 9 heteroatoms. The number of benzene rings is 1. The van der Waals surface area contributed by atoms with Crippen molar-refractivity contribution in [3.05, 3.63) is 18.2 Å². The van der Waals surface area contributed by atoms with Crippen LogP contribution in [0.2, 0.25) is 0 Å². The summed E-state index contributed by atoms with van der Waals surface area (Å²) in [5.74, 6) is -0.000465. The molecule has 0 atom stereocenters. The van der Waals surface area contributed by atoms with Crippen LogP contribution in [0.25, 0.3) is 0 Å². The van der Waals surface area contributed by atoms with Gasteiger partial charge >= 0.3 is 0 Å². The number of anilines is 1. The van der Waals surface area contributed by atoms with Gasteiger partial charge in [0.25, 0.3) is 0 Å². The molecule has 0 unspecified atom stereocenters. The Morgan fingerprint density at radius 1 is 1.13 bits per heavy atom. The van der Waals surface area contributed by atoms with Gasteiger partial charge in [0.2, 0.25) is 11.8 Å². The number of carbonyl (C=O) groups is 2. The number of ether oxygens (including phenoxy) is 2. The number of amides is 2. The molecular weight excluding hydrogens is 324 g/mol. The van der Waals surface area contributed by atoms with Gasteiger partial charge in [-0.15, -0.1) is 0 Å². The first-order valence-electron chi connectivity index (χ1n) is 6.97. The fourth-order valence-corrected chi connectivity index (χ4v) is 2.43. The van der Waals surface area contributed by atoms with E-state index in [-0.39, 0.29) is 18.7 Å². The molecule has 0 radical (unpaired) electrons. The highest BCUT2D eigenvalue weighted by atomic mass is 32.2. The maximum absolute atomic E-state index is 11.8. The minimum atomic E-state index is -3.20. The van der Waals surface area contributed by atoms with Crippen molar-refractivity contribution in [1.82, 2.24) is 5.32 Å². The molecule has 8 nitrogen and oxygen atoms in total. The van der Waals surface area contributed by atoms with E-state index in [0.717, 1.165) is 6.26 Å². The monoisotopic (exact) mass is 342 g/mol. The van der Waals surface area contributed by atoms with E-state index in [2.05, 4.69) is 10.6 Å². The average Bonchev–Trinajstić information content (AvgIpc) is 2.50. The first-order chi connectivity index (χ1) is 10.8. The van der Waals surface area contributed by atoms with E-state index in [9.17, 15) is 18.0 Å². The number of fused-ring (bicyclic) bond motifs is 1. The predicted octanol–water partition coefficient (Wildman–Crippen LogP) is -0.0528. The molecule has 126 valence electrons. The predicted molar refractivity (Wildman–Crippen MR) is 83.4 cm³/mol. The lowest BCUT2D eigenvalue weighted by Gasteiger charge is -2.19. The standard InChI is InChI=1S/C14H18N2O6S/c1-23(19,20)7-4-13(17)15-9-14(18)16-10-2-3-11-12(8-10)22-6-5-21-11/h2-3,8H,4-7,9H2,1H3,(H,15,17)(H,16,18). The van der Waals surface area contributed by atoms with Crippen molar-refractivity contribution in [1.29, 1.82) is 0 Å². The molecule has 0 spiro atoms. The quantitative estimate of drug-likeness (QED) is 0.750. The van der Waals surface area contributed by atoms with Gasteiger partial charge in [-0.2, -0.15) is 0 Å². The van der Waals surface area contributed by atoms with Gasteiger partial charge in [-0.1, -0.05) is 0 Å². The Morgan fingerprint density at radius 2 is 1.83 bits per heavy atom. The minimum absolute atomic E-state index is 0.170. The van der Waals surface area contributed by atoms with Gasteiger partial charge in [0.15, 0.2) is 11.5 Å². The van der Waals surface area contributed by atoms with Crippen LogP contribution in [0, 0.1) is 0 Å². The van der Waals surface area contributed by atoms with Crippen molar-refractivity contribution in [3.63, 3.8) is 0 Å². The normalized spacial score (nSPS) is 13.3. The number of nitrogens with one attached hydrogen (secondary N) is 2. The van der Waals surface area contributed by atoms with E-state index in [0.29, 0.717) is 30.4 Å². The molecule has 1 aromatic carbocycles. The summed E-state index contributed by atoms with van der Waals surface area (Å²) in [5, 5.41) is 4.98. The van der Waals surface area contributed by atoms with E-state index in [1.807, 2.05) is 0 Å². The zero-order valence-electron chi connectivity index (χ0n) is 12.6. The molecule has 0 aromatic heterocycles. The van der Waals surface area contributed by atoms with Crippen LogP contribution in [0.4, 0.5) is 5.69 Å². The van der Waals surface area contributed by atoms with Crippen LogP contribution in [-0.4, -0.2) is 52.0 Å². The van der Waals surface area contributed by atoms with Crippen LogP contribution in [0.3, 0.4) is 0 Å². The zero-order chi connectivity index (χ0) is 16.9. The van der Waals surface area contributed by atoms with E-state index in [4.69, 9.17) is 9.47 Å². The van der Waals surface area contributed by atoms with Crippen LogP contribution >= 0.6 is 0 Å². The van der Waals surface area contributed by atoms with Crippen molar-refractivity contribution >= 4 is 27.3 Å². The zero-order valence-corrected chi connectivity index (χ0v) is 13.4. The molecule has 1 heterocycles. The maximum atomic E-state index is 11.8. The fourth-order valence-electron chi connectivity index (χ4n) is 1.87. The highest BCUT2D eigenvalue weighted by molar-refractivity contribution is 7.90. The van der Waals surface area contributed by atoms with Gasteiger partial charge in [-0.05, 0) is 12.1 Å². The maximum Gasteiger partial charge on any atom is 0.243 e. The highest BCUT2D eigenvalue weighted by Crippen LogP contribution is 2.32. The van der Waals surface area contributed by atoms with E-state index in [1.54, 1.807) is 18.2 Å². The Hall–Kier alpha value is -2.29. The van der Waals surface area contributed by atoms with Gasteiger partial charge < -0.3 is 20.1 Å². The Balaban J connectivity index is 1.79. The van der Waals surface area contributed by atoms with E-state index < -0.39 is 21.7 Å². The van der Waals surface area contributed by atoms with Gasteiger partial charge in [0.1, 0.15) is 23.1 Å². The summed E-state index contributed by atoms with van der Waals surface area (Å²) in [4.78, 5) is 23.2. The molecule has 2 rings (SSSR count). The van der Waals surface area contributed by atoms with Crippen molar-refractivity contribution in [2.75, 3.05) is 37.1 Å². The largest absolute Gasteiger partial charge is 0.486 e. The Morgan fingerprint density at radius 3 is 2.52 bits per heavy atom. The molecule has 2 amide bonds. The molecule has 2 N–H and O–H groups in total. The average molecular weight is 342 g/mol. The van der Waals surface area contributed by atoms with Crippen molar-refractivity contribution in [2.24, 2.45) is 0 Å². The summed E-state index contributed by atoms with van der Waals surface area (Å²) in [6, 6.07) is 4.99. The Bertz CT molecular complexity index is 701. The summed E-state index contributed by atoms with van der Waals surface area (Å²) in [5.41, 5.74) is 0.518. The lowest BCUT2D eigenvalue weighted by molar-refractivity contribution is -0.123. The Kier molecular flexibility index (Phi) is 5.43. The van der Waals surface area contributed by atoms with E-state index >= 15 is 0 Å². The number of sulfone groups is 1. The third-order valence-corrected chi connectivity index (χ3v) is 3.92. The third kappa shape index (κ3) is 5.78. The number of carbonyl (C=O) groups excluding carboxylic acids is 2. The summed E-state index contributed by atoms with van der Waals surface area (Å²) in [6.45, 7) is 0.691. The summed E-state index contributed by atoms with van der Waals surface area (Å²) >= 11 is 0. The molecule has 0 aliphatic carbocycles. The molecule has 23 heavy (non-hydrogen) atoms. The molecule has 0 fully saturated rings. The summed E-state index contributed by atoms with van der Waals surface area (Å²) in [7, 11) is -3.20. The number of hydrogen-bond donors (Lipinski definition) is 2. The van der Waals surface area contributed by atoms with Crippen LogP contribution in [0.5, 0.6) is 11.5 Å². The number of rotatable bonds is 6. The molecule has 1 aliphatic rings. The smallest absolute Gasteiger partial charge is 0.243 e. The lowest BCUT2D eigenvalue weighted by atomic mass is 10.2. The van der Waals surface area contributed by atoms with Crippen LogP contribution in [0.1, 0.15) is 6.42 Å². The molecular formula is C14H18N2O6S. The molecule has 1 aromatic rings. The van der Waals surface area contributed by atoms with Crippen LogP contribution in [-0.2, 0) is 19.4 Å². The second kappa shape index (κ2) is 7.32. The molecule has 1 aliphatic heterocycles. The Labute approximate surface area is 134 Å². The second-order valence-electron chi connectivity index (χ2n) is 5.06. The van der Waals surface area contributed by atoms with Gasteiger partial charge in [-0.3, -0.25) is 9.59 Å². The minimum Gasteiger partial charge on any atom is -0.486 e.